The van der Waals surface area contributed by atoms with Crippen molar-refractivity contribution in [1.29, 1.82) is 0 Å². The molecular formula is C15H26N2O3. The third-order valence-corrected chi connectivity index (χ3v) is 3.26. The van der Waals surface area contributed by atoms with E-state index < -0.39 is 6.10 Å². The number of hydrogen-bond donors (Lipinski definition) is 2. The fourth-order valence-corrected chi connectivity index (χ4v) is 1.97. The zero-order chi connectivity index (χ0) is 14.8. The van der Waals surface area contributed by atoms with E-state index in [9.17, 15) is 5.11 Å². The minimum absolute atomic E-state index is 0.469. The maximum Gasteiger partial charge on any atom is 0.0802 e. The molecule has 1 unspecified atom stereocenters. The average molecular weight is 282 g/mol. The SMILES string of the molecule is COCCN(CCOC)CCC(O)c1ccc(N)cc1. The Kier molecular flexibility index (Phi) is 8.22. The number of nitrogen functional groups attached to an aromatic ring is 1. The van der Waals surface area contributed by atoms with E-state index >= 15 is 0 Å². The van der Waals surface area contributed by atoms with Gasteiger partial charge in [-0.3, -0.25) is 4.90 Å². The van der Waals surface area contributed by atoms with Crippen molar-refractivity contribution in [1.82, 2.24) is 4.90 Å². The largest absolute Gasteiger partial charge is 0.399 e. The van der Waals surface area contributed by atoms with E-state index in [1.54, 1.807) is 14.2 Å². The number of methoxy groups -OCH3 is 2. The molecule has 0 aromatic heterocycles. The molecule has 1 atom stereocenters. The molecule has 0 fully saturated rings. The predicted octanol–water partition coefficient (Wildman–Crippen LogP) is 1.29. The van der Waals surface area contributed by atoms with Gasteiger partial charge in [0.1, 0.15) is 0 Å². The Morgan fingerprint density at radius 2 is 1.60 bits per heavy atom. The molecule has 0 amide bonds. The highest BCUT2D eigenvalue weighted by atomic mass is 16.5. The van der Waals surface area contributed by atoms with Gasteiger partial charge in [0, 0.05) is 39.5 Å². The number of aliphatic hydroxyl groups is 1. The Balaban J connectivity index is 2.41. The molecule has 1 aromatic rings. The Bertz CT molecular complexity index is 349. The number of aliphatic hydroxyl groups excluding tert-OH is 1. The first kappa shape index (κ1) is 16.9. The molecule has 114 valence electrons. The summed E-state index contributed by atoms with van der Waals surface area (Å²) >= 11 is 0. The van der Waals surface area contributed by atoms with Crippen molar-refractivity contribution in [3.63, 3.8) is 0 Å². The number of nitrogens with zero attached hydrogens (tertiary/aromatic N) is 1. The van der Waals surface area contributed by atoms with E-state index in [2.05, 4.69) is 4.90 Å². The highest BCUT2D eigenvalue weighted by molar-refractivity contribution is 5.39. The third-order valence-electron chi connectivity index (χ3n) is 3.26. The van der Waals surface area contributed by atoms with Crippen LogP contribution in [0.15, 0.2) is 24.3 Å². The predicted molar refractivity (Wildman–Crippen MR) is 80.6 cm³/mol. The molecule has 0 saturated heterocycles. The van der Waals surface area contributed by atoms with E-state index in [0.29, 0.717) is 25.3 Å². The fraction of sp³-hybridized carbons (Fsp3) is 0.600. The second-order valence-corrected chi connectivity index (χ2v) is 4.80. The van der Waals surface area contributed by atoms with Gasteiger partial charge in [-0.1, -0.05) is 12.1 Å². The first-order chi connectivity index (χ1) is 9.67. The molecule has 0 spiro atoms. The molecule has 0 aliphatic rings. The summed E-state index contributed by atoms with van der Waals surface area (Å²) in [4.78, 5) is 2.23. The van der Waals surface area contributed by atoms with Gasteiger partial charge >= 0.3 is 0 Å². The first-order valence-corrected chi connectivity index (χ1v) is 6.91. The van der Waals surface area contributed by atoms with Gasteiger partial charge in [-0.25, -0.2) is 0 Å². The second-order valence-electron chi connectivity index (χ2n) is 4.80. The van der Waals surface area contributed by atoms with Gasteiger partial charge in [0.25, 0.3) is 0 Å². The van der Waals surface area contributed by atoms with E-state index in [-0.39, 0.29) is 0 Å². The second kappa shape index (κ2) is 9.72. The van der Waals surface area contributed by atoms with Crippen molar-refractivity contribution in [2.24, 2.45) is 0 Å². The van der Waals surface area contributed by atoms with Gasteiger partial charge in [-0.15, -0.1) is 0 Å². The Hall–Kier alpha value is -1.14. The van der Waals surface area contributed by atoms with Crippen LogP contribution in [0.25, 0.3) is 0 Å². The fourth-order valence-electron chi connectivity index (χ4n) is 1.97. The average Bonchev–Trinajstić information content (AvgIpc) is 2.47. The van der Waals surface area contributed by atoms with Crippen LogP contribution < -0.4 is 5.73 Å². The lowest BCUT2D eigenvalue weighted by atomic mass is 10.1. The molecule has 0 bridgehead atoms. The highest BCUT2D eigenvalue weighted by Gasteiger charge is 2.11. The molecule has 5 nitrogen and oxygen atoms in total. The van der Waals surface area contributed by atoms with Gasteiger partial charge in [0.2, 0.25) is 0 Å². The van der Waals surface area contributed by atoms with Crippen molar-refractivity contribution >= 4 is 5.69 Å². The summed E-state index contributed by atoms with van der Waals surface area (Å²) < 4.78 is 10.2. The lowest BCUT2D eigenvalue weighted by Gasteiger charge is -2.23. The minimum atomic E-state index is -0.469. The van der Waals surface area contributed by atoms with E-state index in [1.165, 1.54) is 0 Å². The van der Waals surface area contributed by atoms with Gasteiger partial charge in [0.15, 0.2) is 0 Å². The van der Waals surface area contributed by atoms with Crippen molar-refractivity contribution in [2.45, 2.75) is 12.5 Å². The van der Waals surface area contributed by atoms with Crippen molar-refractivity contribution < 1.29 is 14.6 Å². The lowest BCUT2D eigenvalue weighted by Crippen LogP contribution is -2.32. The van der Waals surface area contributed by atoms with Gasteiger partial charge in [0.05, 0.1) is 19.3 Å². The Morgan fingerprint density at radius 1 is 1.05 bits per heavy atom. The summed E-state index contributed by atoms with van der Waals surface area (Å²) in [6, 6.07) is 7.36. The molecule has 1 aromatic carbocycles. The number of hydrogen-bond acceptors (Lipinski definition) is 5. The standard InChI is InChI=1S/C15H26N2O3/c1-19-11-9-17(10-12-20-2)8-7-15(18)13-3-5-14(16)6-4-13/h3-6,15,18H,7-12,16H2,1-2H3. The normalized spacial score (nSPS) is 12.8. The quantitative estimate of drug-likeness (QED) is 0.633. The van der Waals surface area contributed by atoms with Crippen LogP contribution in [-0.2, 0) is 9.47 Å². The molecule has 0 aliphatic heterocycles. The Labute approximate surface area is 121 Å². The highest BCUT2D eigenvalue weighted by Crippen LogP contribution is 2.18. The van der Waals surface area contributed by atoms with Crippen molar-refractivity contribution in [3.8, 4) is 0 Å². The summed E-state index contributed by atoms with van der Waals surface area (Å²) in [5.41, 5.74) is 7.25. The molecule has 0 radical (unpaired) electrons. The van der Waals surface area contributed by atoms with Crippen molar-refractivity contribution in [3.05, 3.63) is 29.8 Å². The lowest BCUT2D eigenvalue weighted by molar-refractivity contribution is 0.0945. The molecule has 0 aliphatic carbocycles. The summed E-state index contributed by atoms with van der Waals surface area (Å²) in [7, 11) is 3.38. The molecule has 1 rings (SSSR count). The van der Waals surface area contributed by atoms with Crippen LogP contribution in [0, 0.1) is 0 Å². The monoisotopic (exact) mass is 282 g/mol. The molecule has 0 saturated carbocycles. The number of anilines is 1. The smallest absolute Gasteiger partial charge is 0.0802 e. The summed E-state index contributed by atoms with van der Waals surface area (Å²) in [6.07, 6.45) is 0.209. The first-order valence-electron chi connectivity index (χ1n) is 6.91. The van der Waals surface area contributed by atoms with E-state index in [0.717, 1.165) is 25.2 Å². The van der Waals surface area contributed by atoms with Crippen LogP contribution in [0.4, 0.5) is 5.69 Å². The van der Waals surface area contributed by atoms with Crippen LogP contribution >= 0.6 is 0 Å². The molecule has 20 heavy (non-hydrogen) atoms. The maximum absolute atomic E-state index is 10.2. The number of ether oxygens (including phenoxy) is 2. The summed E-state index contributed by atoms with van der Waals surface area (Å²) in [5, 5.41) is 10.2. The number of benzene rings is 1. The van der Waals surface area contributed by atoms with E-state index in [1.807, 2.05) is 24.3 Å². The van der Waals surface area contributed by atoms with Crippen LogP contribution in [0.3, 0.4) is 0 Å². The maximum atomic E-state index is 10.2. The summed E-state index contributed by atoms with van der Waals surface area (Å²) in [5.74, 6) is 0. The van der Waals surface area contributed by atoms with Gasteiger partial charge < -0.3 is 20.3 Å². The molecule has 3 N–H and O–H groups in total. The van der Waals surface area contributed by atoms with E-state index in [4.69, 9.17) is 15.2 Å². The van der Waals surface area contributed by atoms with Gasteiger partial charge in [-0.05, 0) is 24.1 Å². The minimum Gasteiger partial charge on any atom is -0.399 e. The molecule has 5 heteroatoms. The topological polar surface area (TPSA) is 68.0 Å². The van der Waals surface area contributed by atoms with Crippen LogP contribution in [0.5, 0.6) is 0 Å². The molecule has 0 heterocycles. The van der Waals surface area contributed by atoms with Gasteiger partial charge in [-0.2, -0.15) is 0 Å². The Morgan fingerprint density at radius 3 is 2.10 bits per heavy atom. The zero-order valence-corrected chi connectivity index (χ0v) is 12.4. The summed E-state index contributed by atoms with van der Waals surface area (Å²) in [6.45, 7) is 3.85. The number of rotatable bonds is 10. The zero-order valence-electron chi connectivity index (χ0n) is 12.4. The van der Waals surface area contributed by atoms with Crippen LogP contribution in [-0.4, -0.2) is 57.1 Å². The van der Waals surface area contributed by atoms with Crippen molar-refractivity contribution in [2.75, 3.05) is 52.8 Å². The third kappa shape index (κ3) is 6.34. The number of nitrogens with two attached hydrogens (primary N) is 1. The van der Waals surface area contributed by atoms with Crippen LogP contribution in [0.2, 0.25) is 0 Å². The van der Waals surface area contributed by atoms with Crippen LogP contribution in [0.1, 0.15) is 18.1 Å². The molecular weight excluding hydrogens is 256 g/mol.